The zero-order valence-corrected chi connectivity index (χ0v) is 7.66. The third-order valence-corrected chi connectivity index (χ3v) is 1.85. The number of nitrogens with two attached hydrogens (primary N) is 1. The third-order valence-electron chi connectivity index (χ3n) is 1.85. The minimum absolute atomic E-state index is 0.119. The van der Waals surface area contributed by atoms with E-state index in [0.29, 0.717) is 0 Å². The molecule has 0 bridgehead atoms. The van der Waals surface area contributed by atoms with Crippen LogP contribution in [0.3, 0.4) is 0 Å². The van der Waals surface area contributed by atoms with Crippen molar-refractivity contribution in [3.63, 3.8) is 0 Å². The minimum Gasteiger partial charge on any atom is -0.383 e. The van der Waals surface area contributed by atoms with E-state index >= 15 is 0 Å². The molecule has 0 fully saturated rings. The van der Waals surface area contributed by atoms with E-state index in [9.17, 15) is 0 Å². The molecular formula is C9H16N2O. The maximum Gasteiger partial charge on any atom is 0.0641 e. The second-order valence-corrected chi connectivity index (χ2v) is 2.96. The molecule has 2 N–H and O–H groups in total. The molecule has 0 aliphatic heterocycles. The van der Waals surface area contributed by atoms with Crippen molar-refractivity contribution in [1.29, 1.82) is 0 Å². The van der Waals surface area contributed by atoms with Gasteiger partial charge in [0, 0.05) is 32.1 Å². The van der Waals surface area contributed by atoms with E-state index in [1.807, 2.05) is 19.2 Å². The van der Waals surface area contributed by atoms with Gasteiger partial charge in [-0.1, -0.05) is 0 Å². The maximum absolute atomic E-state index is 5.71. The smallest absolute Gasteiger partial charge is 0.0641 e. The van der Waals surface area contributed by atoms with Gasteiger partial charge in [-0.25, -0.2) is 0 Å². The van der Waals surface area contributed by atoms with Crippen molar-refractivity contribution in [1.82, 2.24) is 4.57 Å². The van der Waals surface area contributed by atoms with Crippen molar-refractivity contribution >= 4 is 0 Å². The molecule has 68 valence electrons. The van der Waals surface area contributed by atoms with Crippen LogP contribution in [-0.2, 0) is 11.3 Å². The Balaban J connectivity index is 2.52. The molecule has 1 aromatic rings. The van der Waals surface area contributed by atoms with Gasteiger partial charge in [-0.05, 0) is 18.6 Å². The molecule has 0 saturated heterocycles. The Morgan fingerprint density at radius 2 is 2.42 bits per heavy atom. The molecule has 0 amide bonds. The van der Waals surface area contributed by atoms with Crippen molar-refractivity contribution in [3.05, 3.63) is 24.0 Å². The second-order valence-electron chi connectivity index (χ2n) is 2.96. The Hall–Kier alpha value is -0.800. The fourth-order valence-corrected chi connectivity index (χ4v) is 1.06. The predicted molar refractivity (Wildman–Crippen MR) is 48.9 cm³/mol. The Morgan fingerprint density at radius 3 is 2.92 bits per heavy atom. The normalized spacial score (nSPS) is 13.2. The first-order valence-electron chi connectivity index (χ1n) is 4.14. The first-order valence-corrected chi connectivity index (χ1v) is 4.14. The van der Waals surface area contributed by atoms with Gasteiger partial charge in [0.1, 0.15) is 0 Å². The van der Waals surface area contributed by atoms with Crippen LogP contribution >= 0.6 is 0 Å². The maximum atomic E-state index is 5.71. The minimum atomic E-state index is 0.119. The van der Waals surface area contributed by atoms with Gasteiger partial charge in [0.2, 0.25) is 0 Å². The van der Waals surface area contributed by atoms with Gasteiger partial charge < -0.3 is 15.0 Å². The average molecular weight is 168 g/mol. The Morgan fingerprint density at radius 1 is 1.67 bits per heavy atom. The van der Waals surface area contributed by atoms with Crippen LogP contribution in [0.5, 0.6) is 0 Å². The molecule has 0 radical (unpaired) electrons. The molecule has 0 saturated carbocycles. The molecule has 1 rings (SSSR count). The largest absolute Gasteiger partial charge is 0.383 e. The van der Waals surface area contributed by atoms with E-state index in [1.54, 1.807) is 7.11 Å². The molecule has 1 aromatic heterocycles. The highest BCUT2D eigenvalue weighted by Crippen LogP contribution is 2.09. The number of rotatable bonds is 4. The molecule has 3 heteroatoms. The molecule has 1 heterocycles. The summed E-state index contributed by atoms with van der Waals surface area (Å²) < 4.78 is 7.05. The molecular weight excluding hydrogens is 152 g/mol. The quantitative estimate of drug-likeness (QED) is 0.732. The highest BCUT2D eigenvalue weighted by Gasteiger charge is 2.00. The van der Waals surface area contributed by atoms with E-state index in [0.717, 1.165) is 13.2 Å². The summed E-state index contributed by atoms with van der Waals surface area (Å²) in [4.78, 5) is 0. The zero-order chi connectivity index (χ0) is 8.97. The standard InChI is InChI=1S/C9H16N2O/c1-8(10)9-3-4-11(7-9)5-6-12-2/h3-4,7-8H,5-6,10H2,1-2H3. The van der Waals surface area contributed by atoms with E-state index in [1.165, 1.54) is 5.56 Å². The summed E-state index contributed by atoms with van der Waals surface area (Å²) in [5, 5.41) is 0. The van der Waals surface area contributed by atoms with Gasteiger partial charge in [0.25, 0.3) is 0 Å². The lowest BCUT2D eigenvalue weighted by Crippen LogP contribution is -2.04. The summed E-state index contributed by atoms with van der Waals surface area (Å²) in [6.07, 6.45) is 4.08. The first-order chi connectivity index (χ1) is 5.74. The van der Waals surface area contributed by atoms with Crippen molar-refractivity contribution in [2.75, 3.05) is 13.7 Å². The fourth-order valence-electron chi connectivity index (χ4n) is 1.06. The van der Waals surface area contributed by atoms with Gasteiger partial charge in [0.15, 0.2) is 0 Å². The van der Waals surface area contributed by atoms with Crippen LogP contribution in [-0.4, -0.2) is 18.3 Å². The number of aromatic nitrogens is 1. The second kappa shape index (κ2) is 4.28. The van der Waals surface area contributed by atoms with Gasteiger partial charge in [-0.15, -0.1) is 0 Å². The third kappa shape index (κ3) is 2.36. The van der Waals surface area contributed by atoms with Crippen LogP contribution in [0.1, 0.15) is 18.5 Å². The SMILES string of the molecule is COCCn1ccc(C(C)N)c1. The summed E-state index contributed by atoms with van der Waals surface area (Å²) in [6, 6.07) is 2.16. The Bertz CT molecular complexity index is 230. The average Bonchev–Trinajstić information content (AvgIpc) is 2.48. The monoisotopic (exact) mass is 168 g/mol. The summed E-state index contributed by atoms with van der Waals surface area (Å²) in [6.45, 7) is 3.62. The highest BCUT2D eigenvalue weighted by molar-refractivity contribution is 5.13. The van der Waals surface area contributed by atoms with E-state index in [-0.39, 0.29) is 6.04 Å². The fraction of sp³-hybridized carbons (Fsp3) is 0.556. The number of hydrogen-bond acceptors (Lipinski definition) is 2. The molecule has 3 nitrogen and oxygen atoms in total. The van der Waals surface area contributed by atoms with Crippen LogP contribution in [0.25, 0.3) is 0 Å². The van der Waals surface area contributed by atoms with E-state index in [4.69, 9.17) is 10.5 Å². The lowest BCUT2D eigenvalue weighted by Gasteiger charge is -2.02. The number of nitrogens with zero attached hydrogens (tertiary/aromatic N) is 1. The van der Waals surface area contributed by atoms with Crippen molar-refractivity contribution in [2.24, 2.45) is 5.73 Å². The van der Waals surface area contributed by atoms with Crippen LogP contribution in [0.4, 0.5) is 0 Å². The topological polar surface area (TPSA) is 40.2 Å². The lowest BCUT2D eigenvalue weighted by atomic mass is 10.2. The number of ether oxygens (including phenoxy) is 1. The summed E-state index contributed by atoms with van der Waals surface area (Å²) in [5.41, 5.74) is 6.88. The summed E-state index contributed by atoms with van der Waals surface area (Å²) >= 11 is 0. The van der Waals surface area contributed by atoms with Gasteiger partial charge >= 0.3 is 0 Å². The number of hydrogen-bond donors (Lipinski definition) is 1. The van der Waals surface area contributed by atoms with Crippen molar-refractivity contribution in [3.8, 4) is 0 Å². The number of methoxy groups -OCH3 is 1. The van der Waals surface area contributed by atoms with Crippen LogP contribution < -0.4 is 5.73 Å². The molecule has 0 aliphatic rings. The molecule has 1 unspecified atom stereocenters. The van der Waals surface area contributed by atoms with Crippen LogP contribution in [0, 0.1) is 0 Å². The first kappa shape index (κ1) is 9.29. The highest BCUT2D eigenvalue weighted by atomic mass is 16.5. The summed E-state index contributed by atoms with van der Waals surface area (Å²) in [7, 11) is 1.70. The van der Waals surface area contributed by atoms with Gasteiger partial charge in [-0.2, -0.15) is 0 Å². The van der Waals surface area contributed by atoms with Crippen molar-refractivity contribution in [2.45, 2.75) is 19.5 Å². The van der Waals surface area contributed by atoms with Crippen molar-refractivity contribution < 1.29 is 4.74 Å². The molecule has 0 aromatic carbocycles. The zero-order valence-electron chi connectivity index (χ0n) is 7.66. The molecule has 0 aliphatic carbocycles. The lowest BCUT2D eigenvalue weighted by molar-refractivity contribution is 0.187. The molecule has 1 atom stereocenters. The van der Waals surface area contributed by atoms with Crippen LogP contribution in [0.2, 0.25) is 0 Å². The summed E-state index contributed by atoms with van der Waals surface area (Å²) in [5.74, 6) is 0. The van der Waals surface area contributed by atoms with Gasteiger partial charge in [0.05, 0.1) is 6.61 Å². The molecule has 12 heavy (non-hydrogen) atoms. The molecule has 0 spiro atoms. The van der Waals surface area contributed by atoms with Gasteiger partial charge in [-0.3, -0.25) is 0 Å². The van der Waals surface area contributed by atoms with Crippen LogP contribution in [0.15, 0.2) is 18.5 Å². The Kier molecular flexibility index (Phi) is 3.31. The van der Waals surface area contributed by atoms with E-state index in [2.05, 4.69) is 10.8 Å². The van der Waals surface area contributed by atoms with E-state index < -0.39 is 0 Å². The predicted octanol–water partition coefficient (Wildman–Crippen LogP) is 1.15. The Labute approximate surface area is 73.1 Å².